The Balaban J connectivity index is 0.000000181. The Morgan fingerprint density at radius 1 is 1.00 bits per heavy atom. The van der Waals surface area contributed by atoms with Gasteiger partial charge >= 0.3 is 0 Å². The Hall–Kier alpha value is -1.20. The van der Waals surface area contributed by atoms with Gasteiger partial charge in [-0.3, -0.25) is 10.1 Å². The van der Waals surface area contributed by atoms with E-state index in [1.165, 1.54) is 21.1 Å². The Morgan fingerprint density at radius 2 is 1.53 bits per heavy atom. The molecule has 0 aromatic carbocycles. The van der Waals surface area contributed by atoms with E-state index in [-0.39, 0.29) is 10.6 Å². The first-order valence-electron chi connectivity index (χ1n) is 5.14. The molecule has 0 N–H and O–H groups in total. The van der Waals surface area contributed by atoms with Crippen LogP contribution < -0.4 is 0 Å². The maximum absolute atomic E-state index is 10.2. The van der Waals surface area contributed by atoms with Crippen molar-refractivity contribution in [2.75, 3.05) is 0 Å². The first-order valence-corrected chi connectivity index (χ1v) is 6.78. The van der Waals surface area contributed by atoms with Crippen LogP contribution in [0.3, 0.4) is 0 Å². The Labute approximate surface area is 109 Å². The van der Waals surface area contributed by atoms with Crippen LogP contribution in [0.5, 0.6) is 0 Å². The van der Waals surface area contributed by atoms with Gasteiger partial charge in [-0.1, -0.05) is 0 Å². The number of hydrogen-bond donors (Lipinski definition) is 0. The van der Waals surface area contributed by atoms with Crippen molar-refractivity contribution in [3.05, 3.63) is 47.8 Å². The largest absolute Gasteiger partial charge is 0.283 e. The van der Waals surface area contributed by atoms with E-state index >= 15 is 0 Å². The van der Waals surface area contributed by atoms with Gasteiger partial charge in [-0.05, 0) is 39.8 Å². The highest BCUT2D eigenvalue weighted by molar-refractivity contribution is 7.12. The minimum absolute atomic E-state index is 0.238. The molecule has 0 atom stereocenters. The smallest absolute Gasteiger partial charge is 0.258 e. The SMILES string of the molecule is Cc1cc([N+](=O)[O-])c(C)s1.Cc1ccc(C)s1. The summed E-state index contributed by atoms with van der Waals surface area (Å²) in [6.45, 7) is 7.87. The number of hydrogen-bond acceptors (Lipinski definition) is 4. The van der Waals surface area contributed by atoms with Gasteiger partial charge in [0.2, 0.25) is 0 Å². The Morgan fingerprint density at radius 3 is 1.71 bits per heavy atom. The summed E-state index contributed by atoms with van der Waals surface area (Å²) in [5.41, 5.74) is 0.238. The van der Waals surface area contributed by atoms with Gasteiger partial charge in [0.15, 0.2) is 0 Å². The molecular weight excluding hydrogens is 254 g/mol. The van der Waals surface area contributed by atoms with Crippen LogP contribution in [0, 0.1) is 37.8 Å². The molecule has 92 valence electrons. The lowest BCUT2D eigenvalue weighted by atomic mass is 10.4. The molecule has 0 saturated heterocycles. The summed E-state index contributed by atoms with van der Waals surface area (Å²) in [5, 5.41) is 10.2. The summed E-state index contributed by atoms with van der Waals surface area (Å²) in [6.07, 6.45) is 0. The quantitative estimate of drug-likeness (QED) is 0.559. The van der Waals surface area contributed by atoms with Gasteiger partial charge in [0.25, 0.3) is 5.69 Å². The molecule has 5 heteroatoms. The molecule has 17 heavy (non-hydrogen) atoms. The molecule has 3 nitrogen and oxygen atoms in total. The molecule has 0 radical (unpaired) electrons. The average Bonchev–Trinajstić information content (AvgIpc) is 2.73. The average molecular weight is 269 g/mol. The normalized spacial score (nSPS) is 9.65. The molecule has 0 aliphatic heterocycles. The summed E-state index contributed by atoms with van der Waals surface area (Å²) in [5.74, 6) is 0. The molecule has 2 heterocycles. The second-order valence-electron chi connectivity index (χ2n) is 3.71. The van der Waals surface area contributed by atoms with Crippen LogP contribution in [0.2, 0.25) is 0 Å². The van der Waals surface area contributed by atoms with Gasteiger partial charge < -0.3 is 0 Å². The highest BCUT2D eigenvalue weighted by Crippen LogP contribution is 2.26. The molecule has 0 saturated carbocycles. The van der Waals surface area contributed by atoms with Crippen LogP contribution >= 0.6 is 22.7 Å². The third-order valence-corrected chi connectivity index (χ3v) is 3.96. The lowest BCUT2D eigenvalue weighted by molar-refractivity contribution is -0.385. The predicted octanol–water partition coefficient (Wildman–Crippen LogP) is 4.64. The number of thiophene rings is 2. The second-order valence-corrected chi connectivity index (χ2v) is 6.66. The van der Waals surface area contributed by atoms with Crippen molar-refractivity contribution in [1.29, 1.82) is 0 Å². The second kappa shape index (κ2) is 5.93. The van der Waals surface area contributed by atoms with E-state index in [1.807, 2.05) is 18.3 Å². The van der Waals surface area contributed by atoms with E-state index in [9.17, 15) is 10.1 Å². The maximum atomic E-state index is 10.2. The zero-order valence-corrected chi connectivity index (χ0v) is 11.9. The third kappa shape index (κ3) is 4.28. The zero-order chi connectivity index (χ0) is 13.0. The first kappa shape index (κ1) is 13.9. The van der Waals surface area contributed by atoms with E-state index in [1.54, 1.807) is 13.0 Å². The summed E-state index contributed by atoms with van der Waals surface area (Å²) < 4.78 is 0. The monoisotopic (exact) mass is 269 g/mol. The molecule has 0 spiro atoms. The van der Waals surface area contributed by atoms with Gasteiger partial charge in [0.05, 0.1) is 9.80 Å². The minimum Gasteiger partial charge on any atom is -0.258 e. The summed E-state index contributed by atoms with van der Waals surface area (Å²) in [6, 6.07) is 5.88. The van der Waals surface area contributed by atoms with E-state index < -0.39 is 0 Å². The van der Waals surface area contributed by atoms with Crippen molar-refractivity contribution in [2.24, 2.45) is 0 Å². The van der Waals surface area contributed by atoms with Gasteiger partial charge in [0.1, 0.15) is 0 Å². The van der Waals surface area contributed by atoms with Crippen molar-refractivity contribution < 1.29 is 4.92 Å². The molecular formula is C12H15NO2S2. The fraction of sp³-hybridized carbons (Fsp3) is 0.333. The molecule has 0 fully saturated rings. The maximum Gasteiger partial charge on any atom is 0.283 e. The minimum atomic E-state index is -0.348. The van der Waals surface area contributed by atoms with Crippen molar-refractivity contribution >= 4 is 28.4 Å². The molecule has 2 aromatic rings. The van der Waals surface area contributed by atoms with Gasteiger partial charge in [-0.2, -0.15) is 0 Å². The molecule has 2 rings (SSSR count). The summed E-state index contributed by atoms with van der Waals surface area (Å²) in [7, 11) is 0. The van der Waals surface area contributed by atoms with Crippen LogP contribution in [0.25, 0.3) is 0 Å². The van der Waals surface area contributed by atoms with Gasteiger partial charge in [-0.25, -0.2) is 0 Å². The summed E-state index contributed by atoms with van der Waals surface area (Å²) in [4.78, 5) is 14.5. The van der Waals surface area contributed by atoms with Crippen LogP contribution in [0.1, 0.15) is 19.5 Å². The summed E-state index contributed by atoms with van der Waals surface area (Å²) >= 11 is 3.30. The van der Waals surface area contributed by atoms with Crippen molar-refractivity contribution in [2.45, 2.75) is 27.7 Å². The molecule has 0 aliphatic carbocycles. The predicted molar refractivity (Wildman–Crippen MR) is 74.2 cm³/mol. The van der Waals surface area contributed by atoms with E-state index in [2.05, 4.69) is 26.0 Å². The third-order valence-electron chi connectivity index (χ3n) is 2.09. The lowest BCUT2D eigenvalue weighted by Gasteiger charge is -1.83. The molecule has 0 bridgehead atoms. The van der Waals surface area contributed by atoms with E-state index in [0.29, 0.717) is 0 Å². The Kier molecular flexibility index (Phi) is 4.84. The van der Waals surface area contributed by atoms with Gasteiger partial charge in [0, 0.05) is 20.7 Å². The van der Waals surface area contributed by atoms with Crippen LogP contribution in [0.15, 0.2) is 18.2 Å². The lowest BCUT2D eigenvalue weighted by Crippen LogP contribution is -1.85. The topological polar surface area (TPSA) is 43.1 Å². The standard InChI is InChI=1S/C6H7NO2S.C6H8S/c1-4-3-6(7(8)9)5(2)10-4;1-5-3-4-6(2)7-5/h3H,1-2H3;3-4H,1-2H3. The van der Waals surface area contributed by atoms with Gasteiger partial charge in [-0.15, -0.1) is 22.7 Å². The highest BCUT2D eigenvalue weighted by Gasteiger charge is 2.12. The first-order chi connectivity index (χ1) is 7.90. The fourth-order valence-corrected chi connectivity index (χ4v) is 3.03. The molecule has 0 amide bonds. The number of nitrogens with zero attached hydrogens (tertiary/aromatic N) is 1. The van der Waals surface area contributed by atoms with Crippen molar-refractivity contribution in [3.63, 3.8) is 0 Å². The van der Waals surface area contributed by atoms with Crippen LogP contribution in [-0.2, 0) is 0 Å². The number of nitro groups is 1. The molecule has 0 aliphatic rings. The van der Waals surface area contributed by atoms with Crippen molar-refractivity contribution in [1.82, 2.24) is 0 Å². The highest BCUT2D eigenvalue weighted by atomic mass is 32.1. The fourth-order valence-electron chi connectivity index (χ4n) is 1.36. The van der Waals surface area contributed by atoms with E-state index in [0.717, 1.165) is 9.75 Å². The van der Waals surface area contributed by atoms with E-state index in [4.69, 9.17) is 0 Å². The Bertz CT molecular complexity index is 498. The van der Waals surface area contributed by atoms with Crippen LogP contribution in [-0.4, -0.2) is 4.92 Å². The molecule has 0 unspecified atom stereocenters. The zero-order valence-electron chi connectivity index (χ0n) is 10.3. The number of aryl methyl sites for hydroxylation is 4. The van der Waals surface area contributed by atoms with Crippen molar-refractivity contribution in [3.8, 4) is 0 Å². The van der Waals surface area contributed by atoms with Crippen LogP contribution in [0.4, 0.5) is 5.69 Å². The number of rotatable bonds is 1. The molecule has 2 aromatic heterocycles.